The quantitative estimate of drug-likeness (QED) is 0.256. The van der Waals surface area contributed by atoms with E-state index < -0.39 is 26.7 Å². The Morgan fingerprint density at radius 1 is 1.03 bits per heavy atom. The second-order valence-electron chi connectivity index (χ2n) is 9.24. The number of hydroxylamine groups is 1. The molecule has 1 aromatic heterocycles. The van der Waals surface area contributed by atoms with E-state index in [4.69, 9.17) is 4.42 Å². The first-order chi connectivity index (χ1) is 17.6. The number of thioether (sulfide) groups is 1. The fraction of sp³-hybridized carbons (Fsp3) is 0.231. The van der Waals surface area contributed by atoms with Crippen molar-refractivity contribution in [1.82, 2.24) is 9.79 Å². The standard InChI is InChI=1S/C26H25N3O6S2/c1-26(2)23(25(31)28-32)29(12-13-36-26)37(33,34)18-9-11-21-20(15-18)19-10-8-17(14-22(19)35-21)27-24(30)16-6-4-3-5-7-16/h3-11,14-15,23,32H,12-13H2,1-2H3,(H,27,30)(H,28,31). The normalized spacial score (nSPS) is 18.1. The first kappa shape index (κ1) is 25.3. The van der Waals surface area contributed by atoms with E-state index in [0.29, 0.717) is 38.9 Å². The molecule has 1 unspecified atom stereocenters. The third-order valence-corrected chi connectivity index (χ3v) is 9.65. The zero-order valence-electron chi connectivity index (χ0n) is 20.1. The van der Waals surface area contributed by atoms with Crippen LogP contribution in [0.4, 0.5) is 5.69 Å². The maximum Gasteiger partial charge on any atom is 0.263 e. The Kier molecular flexibility index (Phi) is 6.48. The molecule has 3 aromatic carbocycles. The van der Waals surface area contributed by atoms with E-state index in [0.717, 1.165) is 4.31 Å². The minimum absolute atomic E-state index is 0.0163. The zero-order valence-corrected chi connectivity index (χ0v) is 21.7. The molecule has 1 aliphatic rings. The molecular formula is C26H25N3O6S2. The number of benzene rings is 3. The van der Waals surface area contributed by atoms with E-state index in [1.807, 2.05) is 6.07 Å². The molecule has 192 valence electrons. The van der Waals surface area contributed by atoms with E-state index in [1.54, 1.807) is 67.9 Å². The summed E-state index contributed by atoms with van der Waals surface area (Å²) in [4.78, 5) is 25.0. The molecule has 1 saturated heterocycles. The summed E-state index contributed by atoms with van der Waals surface area (Å²) in [7, 11) is -4.08. The van der Waals surface area contributed by atoms with Gasteiger partial charge in [-0.25, -0.2) is 13.9 Å². The largest absolute Gasteiger partial charge is 0.456 e. The highest BCUT2D eigenvalue weighted by Crippen LogP contribution is 2.39. The molecule has 1 aliphatic heterocycles. The second kappa shape index (κ2) is 9.49. The number of carbonyl (C=O) groups excluding carboxylic acids is 2. The molecule has 1 atom stereocenters. The van der Waals surface area contributed by atoms with Gasteiger partial charge in [-0.2, -0.15) is 16.1 Å². The number of amides is 2. The van der Waals surface area contributed by atoms with Gasteiger partial charge in [-0.3, -0.25) is 14.8 Å². The third-order valence-electron chi connectivity index (χ3n) is 6.43. The molecule has 0 spiro atoms. The van der Waals surface area contributed by atoms with Crippen LogP contribution in [-0.4, -0.2) is 52.8 Å². The van der Waals surface area contributed by atoms with E-state index >= 15 is 0 Å². The van der Waals surface area contributed by atoms with Crippen molar-refractivity contribution in [2.75, 3.05) is 17.6 Å². The lowest BCUT2D eigenvalue weighted by Crippen LogP contribution is -2.61. The average Bonchev–Trinajstić information content (AvgIpc) is 3.25. The highest BCUT2D eigenvalue weighted by molar-refractivity contribution is 8.01. The first-order valence-electron chi connectivity index (χ1n) is 11.5. The third kappa shape index (κ3) is 4.59. The molecule has 2 amide bonds. The van der Waals surface area contributed by atoms with Crippen LogP contribution >= 0.6 is 11.8 Å². The number of furan rings is 1. The summed E-state index contributed by atoms with van der Waals surface area (Å²) in [6, 6.07) is 17.5. The van der Waals surface area contributed by atoms with Crippen LogP contribution in [0.5, 0.6) is 0 Å². The molecule has 0 aliphatic carbocycles. The predicted molar refractivity (Wildman–Crippen MR) is 142 cm³/mol. The van der Waals surface area contributed by atoms with Gasteiger partial charge < -0.3 is 9.73 Å². The Labute approximate surface area is 217 Å². The predicted octanol–water partition coefficient (Wildman–Crippen LogP) is 4.23. The molecule has 4 aromatic rings. The summed E-state index contributed by atoms with van der Waals surface area (Å²) in [5.41, 5.74) is 3.66. The molecule has 9 nitrogen and oxygen atoms in total. The van der Waals surface area contributed by atoms with Crippen molar-refractivity contribution in [2.24, 2.45) is 0 Å². The van der Waals surface area contributed by atoms with E-state index in [-0.39, 0.29) is 17.3 Å². The number of sulfonamides is 1. The molecule has 0 radical (unpaired) electrons. The molecular weight excluding hydrogens is 514 g/mol. The highest BCUT2D eigenvalue weighted by Gasteiger charge is 2.48. The Balaban J connectivity index is 1.50. The number of hydrogen-bond donors (Lipinski definition) is 3. The van der Waals surface area contributed by atoms with Crippen LogP contribution in [0.1, 0.15) is 24.2 Å². The van der Waals surface area contributed by atoms with E-state index in [2.05, 4.69) is 5.32 Å². The zero-order chi connectivity index (χ0) is 26.4. The molecule has 0 bridgehead atoms. The van der Waals surface area contributed by atoms with Crippen LogP contribution in [-0.2, 0) is 14.8 Å². The highest BCUT2D eigenvalue weighted by atomic mass is 32.2. The lowest BCUT2D eigenvalue weighted by atomic mass is 10.0. The summed E-state index contributed by atoms with van der Waals surface area (Å²) in [6.07, 6.45) is 0. The van der Waals surface area contributed by atoms with Crippen molar-refractivity contribution in [2.45, 2.75) is 29.5 Å². The average molecular weight is 540 g/mol. The topological polar surface area (TPSA) is 129 Å². The van der Waals surface area contributed by atoms with Crippen molar-refractivity contribution in [3.8, 4) is 0 Å². The van der Waals surface area contributed by atoms with Crippen molar-refractivity contribution in [3.05, 3.63) is 72.3 Å². The van der Waals surface area contributed by atoms with Gasteiger partial charge in [0.2, 0.25) is 10.0 Å². The van der Waals surface area contributed by atoms with Gasteiger partial charge in [0, 0.05) is 45.1 Å². The number of carbonyl (C=O) groups is 2. The van der Waals surface area contributed by atoms with Gasteiger partial charge in [0.15, 0.2) is 0 Å². The van der Waals surface area contributed by atoms with Gasteiger partial charge in [-0.1, -0.05) is 18.2 Å². The van der Waals surface area contributed by atoms with Gasteiger partial charge in [0.25, 0.3) is 11.8 Å². The van der Waals surface area contributed by atoms with Crippen LogP contribution in [0.15, 0.2) is 76.0 Å². The van der Waals surface area contributed by atoms with Gasteiger partial charge in [-0.05, 0) is 56.3 Å². The smallest absolute Gasteiger partial charge is 0.263 e. The summed E-state index contributed by atoms with van der Waals surface area (Å²) in [6.45, 7) is 3.68. The van der Waals surface area contributed by atoms with Crippen LogP contribution in [0.2, 0.25) is 0 Å². The summed E-state index contributed by atoms with van der Waals surface area (Å²) in [5.74, 6) is -0.523. The number of fused-ring (bicyclic) bond motifs is 3. The molecule has 0 saturated carbocycles. The monoisotopic (exact) mass is 539 g/mol. The van der Waals surface area contributed by atoms with Crippen molar-refractivity contribution in [1.29, 1.82) is 0 Å². The first-order valence-corrected chi connectivity index (χ1v) is 14.0. The minimum atomic E-state index is -4.08. The number of nitrogens with zero attached hydrogens (tertiary/aromatic N) is 1. The number of hydrogen-bond acceptors (Lipinski definition) is 7. The van der Waals surface area contributed by atoms with Crippen molar-refractivity contribution < 1.29 is 27.6 Å². The molecule has 5 rings (SSSR count). The number of nitrogens with one attached hydrogen (secondary N) is 2. The Morgan fingerprint density at radius 3 is 2.51 bits per heavy atom. The second-order valence-corrected chi connectivity index (χ2v) is 12.9. The molecule has 11 heteroatoms. The lowest BCUT2D eigenvalue weighted by molar-refractivity contribution is -0.134. The number of rotatable bonds is 5. The molecule has 37 heavy (non-hydrogen) atoms. The SMILES string of the molecule is CC1(C)SCCN(S(=O)(=O)c2ccc3oc4cc(NC(=O)c5ccccc5)ccc4c3c2)C1C(=O)NO. The summed E-state index contributed by atoms with van der Waals surface area (Å²) < 4.78 is 33.7. The van der Waals surface area contributed by atoms with Crippen LogP contribution in [0.3, 0.4) is 0 Å². The van der Waals surface area contributed by atoms with E-state index in [1.165, 1.54) is 23.9 Å². The van der Waals surface area contributed by atoms with Gasteiger partial charge >= 0.3 is 0 Å². The lowest BCUT2D eigenvalue weighted by Gasteiger charge is -2.43. The van der Waals surface area contributed by atoms with Crippen molar-refractivity contribution in [3.63, 3.8) is 0 Å². The fourth-order valence-corrected chi connectivity index (χ4v) is 7.78. The van der Waals surface area contributed by atoms with Crippen LogP contribution in [0.25, 0.3) is 21.9 Å². The van der Waals surface area contributed by atoms with Gasteiger partial charge in [0.1, 0.15) is 17.2 Å². The summed E-state index contributed by atoms with van der Waals surface area (Å²) >= 11 is 1.47. The minimum Gasteiger partial charge on any atom is -0.456 e. The fourth-order valence-electron chi connectivity index (χ4n) is 4.64. The Hall–Kier alpha value is -3.38. The number of anilines is 1. The van der Waals surface area contributed by atoms with Crippen LogP contribution < -0.4 is 10.8 Å². The van der Waals surface area contributed by atoms with Gasteiger partial charge in [-0.15, -0.1) is 0 Å². The van der Waals surface area contributed by atoms with Crippen LogP contribution in [0, 0.1) is 0 Å². The maximum absolute atomic E-state index is 13.7. The maximum atomic E-state index is 13.7. The van der Waals surface area contributed by atoms with Gasteiger partial charge in [0.05, 0.1) is 4.90 Å². The molecule has 2 heterocycles. The van der Waals surface area contributed by atoms with Crippen molar-refractivity contribution >= 4 is 61.2 Å². The van der Waals surface area contributed by atoms with E-state index in [9.17, 15) is 23.2 Å². The molecule has 3 N–H and O–H groups in total. The Morgan fingerprint density at radius 2 is 1.78 bits per heavy atom. The Bertz CT molecular complexity index is 1620. The summed E-state index contributed by atoms with van der Waals surface area (Å²) in [5, 5.41) is 13.4. The molecule has 1 fully saturated rings.